The second-order valence-corrected chi connectivity index (χ2v) is 10.3. The van der Waals surface area contributed by atoms with Gasteiger partial charge < -0.3 is 28.9 Å². The highest BCUT2D eigenvalue weighted by Gasteiger charge is 2.52. The average Bonchev–Trinajstić information content (AvgIpc) is 3.73. The molecule has 2 aromatic rings. The molecule has 1 N–H and O–H groups in total. The van der Waals surface area contributed by atoms with E-state index >= 15 is 0 Å². The Bertz CT molecular complexity index is 1210. The number of benzene rings is 1. The summed E-state index contributed by atoms with van der Waals surface area (Å²) in [4.78, 5) is 41.8. The fraction of sp³-hybridized carbons (Fsp3) is 0.519. The SMILES string of the molecule is COCCc1ccc(Cl)c(CN(C(=O)[C@H]2CN(C(=O)O)CC[C@]2(OC)c2ccn(C)c(=O)c2)C2CC2)c1. The number of carboxylic acid groups (broad SMARTS) is 1. The van der Waals surface area contributed by atoms with E-state index < -0.39 is 17.6 Å². The first-order valence-electron chi connectivity index (χ1n) is 12.5. The summed E-state index contributed by atoms with van der Waals surface area (Å²) in [6, 6.07) is 9.09. The van der Waals surface area contributed by atoms with Gasteiger partial charge in [0.2, 0.25) is 5.91 Å². The maximum Gasteiger partial charge on any atom is 0.407 e. The molecule has 200 valence electrons. The van der Waals surface area contributed by atoms with Crippen LogP contribution in [0.1, 0.15) is 36.0 Å². The van der Waals surface area contributed by atoms with Crippen LogP contribution in [-0.2, 0) is 39.9 Å². The number of aryl methyl sites for hydroxylation is 1. The number of piperidine rings is 1. The topological polar surface area (TPSA) is 101 Å². The molecule has 1 aromatic carbocycles. The van der Waals surface area contributed by atoms with Crippen LogP contribution in [0.25, 0.3) is 0 Å². The number of carbonyl (C=O) groups is 2. The number of carbonyl (C=O) groups excluding carboxylic acids is 1. The number of aromatic nitrogens is 1. The molecule has 0 bridgehead atoms. The number of ether oxygens (including phenoxy) is 2. The van der Waals surface area contributed by atoms with Crippen molar-refractivity contribution in [2.24, 2.45) is 13.0 Å². The van der Waals surface area contributed by atoms with Gasteiger partial charge in [0.15, 0.2) is 0 Å². The number of methoxy groups -OCH3 is 2. The van der Waals surface area contributed by atoms with Crippen molar-refractivity contribution >= 4 is 23.6 Å². The zero-order valence-corrected chi connectivity index (χ0v) is 22.2. The number of hydrogen-bond donors (Lipinski definition) is 1. The molecule has 2 aliphatic rings. The van der Waals surface area contributed by atoms with Gasteiger partial charge in [0.1, 0.15) is 5.60 Å². The Kier molecular flexibility index (Phi) is 8.26. The third-order valence-electron chi connectivity index (χ3n) is 7.56. The van der Waals surface area contributed by atoms with E-state index in [-0.39, 0.29) is 37.0 Å². The van der Waals surface area contributed by atoms with E-state index in [9.17, 15) is 19.5 Å². The molecule has 37 heavy (non-hydrogen) atoms. The van der Waals surface area contributed by atoms with E-state index in [2.05, 4.69) is 0 Å². The summed E-state index contributed by atoms with van der Waals surface area (Å²) in [6.45, 7) is 1.05. The van der Waals surface area contributed by atoms with Crippen molar-refractivity contribution in [3.05, 3.63) is 68.6 Å². The zero-order chi connectivity index (χ0) is 26.7. The first-order chi connectivity index (χ1) is 17.7. The second-order valence-electron chi connectivity index (χ2n) is 9.86. The molecular formula is C27H34ClN3O6. The van der Waals surface area contributed by atoms with Crippen LogP contribution in [0.4, 0.5) is 4.79 Å². The van der Waals surface area contributed by atoms with Crippen molar-refractivity contribution in [2.45, 2.75) is 43.9 Å². The van der Waals surface area contributed by atoms with Gasteiger partial charge in [-0.1, -0.05) is 23.7 Å². The largest absolute Gasteiger partial charge is 0.465 e. The zero-order valence-electron chi connectivity index (χ0n) is 21.5. The van der Waals surface area contributed by atoms with Gasteiger partial charge in [-0.3, -0.25) is 9.59 Å². The molecule has 2 atom stereocenters. The van der Waals surface area contributed by atoms with Crippen LogP contribution in [0.2, 0.25) is 5.02 Å². The third-order valence-corrected chi connectivity index (χ3v) is 7.93. The third kappa shape index (κ3) is 5.68. The molecule has 1 saturated heterocycles. The fourth-order valence-electron chi connectivity index (χ4n) is 5.19. The van der Waals surface area contributed by atoms with Gasteiger partial charge in [0.05, 0.1) is 12.5 Å². The standard InChI is InChI=1S/C27H34ClN3O6/c1-29-11-8-20(15-24(29)32)27(37-3)10-12-30(26(34)35)17-22(27)25(33)31(21-5-6-21)16-19-14-18(9-13-36-2)4-7-23(19)28/h4,7-8,11,14-15,21-22H,5-6,9-10,12-13,16-17H2,1-3H3,(H,34,35)/t22-,27+/m1/s1. The molecule has 10 heteroatoms. The van der Waals surface area contributed by atoms with Gasteiger partial charge in [-0.25, -0.2) is 4.79 Å². The predicted octanol–water partition coefficient (Wildman–Crippen LogP) is 3.26. The predicted molar refractivity (Wildman–Crippen MR) is 139 cm³/mol. The van der Waals surface area contributed by atoms with Crippen molar-refractivity contribution in [1.29, 1.82) is 0 Å². The number of rotatable bonds is 9. The van der Waals surface area contributed by atoms with E-state index in [4.69, 9.17) is 21.1 Å². The highest BCUT2D eigenvalue weighted by molar-refractivity contribution is 6.31. The van der Waals surface area contributed by atoms with Crippen molar-refractivity contribution in [1.82, 2.24) is 14.4 Å². The maximum atomic E-state index is 14.3. The first-order valence-corrected chi connectivity index (χ1v) is 12.8. The quantitative estimate of drug-likeness (QED) is 0.533. The Morgan fingerprint density at radius 3 is 2.59 bits per heavy atom. The lowest BCUT2D eigenvalue weighted by Gasteiger charge is -2.47. The van der Waals surface area contributed by atoms with Crippen LogP contribution >= 0.6 is 11.6 Å². The Morgan fingerprint density at radius 2 is 1.97 bits per heavy atom. The van der Waals surface area contributed by atoms with Gasteiger partial charge in [-0.15, -0.1) is 0 Å². The minimum Gasteiger partial charge on any atom is -0.465 e. The monoisotopic (exact) mass is 531 g/mol. The maximum absolute atomic E-state index is 14.3. The Morgan fingerprint density at radius 1 is 1.22 bits per heavy atom. The number of amides is 2. The van der Waals surface area contributed by atoms with Crippen molar-refractivity contribution in [2.75, 3.05) is 33.9 Å². The Labute approximate surface area is 221 Å². The van der Waals surface area contributed by atoms with E-state index in [1.165, 1.54) is 22.6 Å². The lowest BCUT2D eigenvalue weighted by Crippen LogP contribution is -2.58. The summed E-state index contributed by atoms with van der Waals surface area (Å²) in [5, 5.41) is 10.3. The number of likely N-dealkylation sites (tertiary alicyclic amines) is 1. The molecule has 1 saturated carbocycles. The summed E-state index contributed by atoms with van der Waals surface area (Å²) >= 11 is 6.55. The number of hydrogen-bond acceptors (Lipinski definition) is 5. The molecule has 2 amide bonds. The highest BCUT2D eigenvalue weighted by Crippen LogP contribution is 2.43. The number of pyridine rings is 1. The summed E-state index contributed by atoms with van der Waals surface area (Å²) in [5.41, 5.74) is 1.12. The van der Waals surface area contributed by atoms with Gasteiger partial charge in [-0.05, 0) is 54.5 Å². The van der Waals surface area contributed by atoms with Crippen molar-refractivity contribution < 1.29 is 24.2 Å². The molecule has 2 heterocycles. The molecule has 1 aliphatic heterocycles. The lowest BCUT2D eigenvalue weighted by atomic mass is 9.75. The fourth-order valence-corrected chi connectivity index (χ4v) is 5.36. The Balaban J connectivity index is 1.71. The normalized spacial score (nSPS) is 21.6. The summed E-state index contributed by atoms with van der Waals surface area (Å²) in [7, 11) is 4.83. The molecule has 1 aliphatic carbocycles. The number of nitrogens with zero attached hydrogens (tertiary/aromatic N) is 3. The van der Waals surface area contributed by atoms with Crippen LogP contribution in [0.5, 0.6) is 0 Å². The average molecular weight is 532 g/mol. The van der Waals surface area contributed by atoms with E-state index in [0.29, 0.717) is 23.7 Å². The van der Waals surface area contributed by atoms with Gasteiger partial charge in [-0.2, -0.15) is 0 Å². The van der Waals surface area contributed by atoms with Gasteiger partial charge >= 0.3 is 6.09 Å². The van der Waals surface area contributed by atoms with Crippen molar-refractivity contribution in [3.8, 4) is 0 Å². The highest BCUT2D eigenvalue weighted by atomic mass is 35.5. The summed E-state index contributed by atoms with van der Waals surface area (Å²) < 4.78 is 12.7. The van der Waals surface area contributed by atoms with Crippen LogP contribution in [-0.4, -0.2) is 71.4 Å². The second kappa shape index (κ2) is 11.2. The Hall–Kier alpha value is -2.88. The minimum absolute atomic E-state index is 0.0257. The van der Waals surface area contributed by atoms with E-state index in [1.54, 1.807) is 26.4 Å². The van der Waals surface area contributed by atoms with Crippen molar-refractivity contribution in [3.63, 3.8) is 0 Å². The molecule has 9 nitrogen and oxygen atoms in total. The molecule has 1 aromatic heterocycles. The van der Waals surface area contributed by atoms with Crippen LogP contribution in [0.3, 0.4) is 0 Å². The summed E-state index contributed by atoms with van der Waals surface area (Å²) in [6.07, 6.45) is 3.28. The van der Waals surface area contributed by atoms with Crippen LogP contribution in [0, 0.1) is 5.92 Å². The van der Waals surface area contributed by atoms with Gasteiger partial charge in [0.25, 0.3) is 5.56 Å². The number of halogens is 1. The molecule has 2 fully saturated rings. The molecule has 0 radical (unpaired) electrons. The smallest absolute Gasteiger partial charge is 0.407 e. The molecular weight excluding hydrogens is 498 g/mol. The lowest BCUT2D eigenvalue weighted by molar-refractivity contribution is -0.159. The van der Waals surface area contributed by atoms with Crippen LogP contribution < -0.4 is 5.56 Å². The molecule has 0 spiro atoms. The molecule has 0 unspecified atom stereocenters. The minimum atomic E-state index is -1.13. The van der Waals surface area contributed by atoms with Gasteiger partial charge in [0, 0.05) is 64.2 Å². The summed E-state index contributed by atoms with van der Waals surface area (Å²) in [5.74, 6) is -1.03. The van der Waals surface area contributed by atoms with E-state index in [1.807, 2.05) is 23.1 Å². The molecule has 4 rings (SSSR count). The first kappa shape index (κ1) is 27.2. The van der Waals surface area contributed by atoms with Crippen LogP contribution in [0.15, 0.2) is 41.3 Å². The van der Waals surface area contributed by atoms with E-state index in [0.717, 1.165) is 30.4 Å².